The quantitative estimate of drug-likeness (QED) is 0.426. The first-order chi connectivity index (χ1) is 12.6. The molecular formula is C18H14N4O4. The van der Waals surface area contributed by atoms with Gasteiger partial charge in [-0.2, -0.15) is 10.2 Å². The summed E-state index contributed by atoms with van der Waals surface area (Å²) in [6.07, 6.45) is 1.50. The van der Waals surface area contributed by atoms with E-state index < -0.39 is 10.9 Å². The maximum Gasteiger partial charge on any atom is 0.337 e. The van der Waals surface area contributed by atoms with Crippen LogP contribution in [-0.4, -0.2) is 28.2 Å². The highest BCUT2D eigenvalue weighted by atomic mass is 16.6. The number of rotatable bonds is 5. The Kier molecular flexibility index (Phi) is 4.84. The second kappa shape index (κ2) is 7.39. The normalized spacial score (nSPS) is 10.2. The van der Waals surface area contributed by atoms with E-state index >= 15 is 0 Å². The Bertz CT molecular complexity index is 960. The number of hydrogen-bond donors (Lipinski definition) is 1. The summed E-state index contributed by atoms with van der Waals surface area (Å²) in [6.45, 7) is 0. The highest BCUT2D eigenvalue weighted by Crippen LogP contribution is 2.32. The Morgan fingerprint density at radius 2 is 1.92 bits per heavy atom. The average molecular weight is 350 g/mol. The summed E-state index contributed by atoms with van der Waals surface area (Å²) in [4.78, 5) is 22.6. The number of nitrogens with zero attached hydrogens (tertiary/aromatic N) is 3. The van der Waals surface area contributed by atoms with Gasteiger partial charge in [-0.1, -0.05) is 6.07 Å². The van der Waals surface area contributed by atoms with E-state index in [9.17, 15) is 14.9 Å². The molecule has 0 unspecified atom stereocenters. The fraction of sp³-hybridized carbons (Fsp3) is 0.0556. The summed E-state index contributed by atoms with van der Waals surface area (Å²) >= 11 is 0. The van der Waals surface area contributed by atoms with Crippen molar-refractivity contribution in [3.8, 4) is 11.3 Å². The summed E-state index contributed by atoms with van der Waals surface area (Å²) in [6, 6.07) is 14.7. The summed E-state index contributed by atoms with van der Waals surface area (Å²) in [5.74, 6) is -0.461. The first kappa shape index (κ1) is 17.0. The third-order valence-corrected chi connectivity index (χ3v) is 3.62. The zero-order chi connectivity index (χ0) is 18.5. The molecule has 3 rings (SSSR count). The lowest BCUT2D eigenvalue weighted by Crippen LogP contribution is -2.02. The van der Waals surface area contributed by atoms with Crippen molar-refractivity contribution in [2.24, 2.45) is 0 Å². The van der Waals surface area contributed by atoms with Crippen LogP contribution in [-0.2, 0) is 4.74 Å². The van der Waals surface area contributed by atoms with Crippen LogP contribution in [0.3, 0.4) is 0 Å². The molecule has 0 aliphatic heterocycles. The molecule has 8 nitrogen and oxygen atoms in total. The molecule has 1 N–H and O–H groups in total. The van der Waals surface area contributed by atoms with Crippen molar-refractivity contribution in [3.05, 3.63) is 76.5 Å². The van der Waals surface area contributed by atoms with Gasteiger partial charge in [0, 0.05) is 23.6 Å². The number of nitrogens with one attached hydrogen (secondary N) is 1. The zero-order valence-electron chi connectivity index (χ0n) is 13.7. The molecule has 0 saturated carbocycles. The van der Waals surface area contributed by atoms with Crippen LogP contribution in [0.5, 0.6) is 0 Å². The molecule has 26 heavy (non-hydrogen) atoms. The van der Waals surface area contributed by atoms with Crippen LogP contribution in [0.15, 0.2) is 60.8 Å². The maximum absolute atomic E-state index is 11.6. The van der Waals surface area contributed by atoms with E-state index in [1.807, 2.05) is 0 Å². The molecule has 1 aromatic heterocycles. The third kappa shape index (κ3) is 3.64. The van der Waals surface area contributed by atoms with Crippen LogP contribution in [0.2, 0.25) is 0 Å². The standard InChI is InChI=1S/C18H14N4O4/c1-26-18(23)12-4-2-5-13(10-12)20-14-7-8-15(17(11-14)22(24)25)16-6-3-9-19-21-16/h2-11,20H,1H3. The van der Waals surface area contributed by atoms with Crippen LogP contribution >= 0.6 is 0 Å². The molecule has 0 amide bonds. The Balaban J connectivity index is 1.94. The first-order valence-corrected chi connectivity index (χ1v) is 7.60. The number of nitro groups is 1. The van der Waals surface area contributed by atoms with Gasteiger partial charge in [0.25, 0.3) is 5.69 Å². The van der Waals surface area contributed by atoms with Crippen LogP contribution in [0, 0.1) is 10.1 Å². The van der Waals surface area contributed by atoms with Gasteiger partial charge >= 0.3 is 5.97 Å². The summed E-state index contributed by atoms with van der Waals surface area (Å²) in [5, 5.41) is 22.2. The van der Waals surface area contributed by atoms with Crippen molar-refractivity contribution in [1.82, 2.24) is 10.2 Å². The number of benzene rings is 2. The topological polar surface area (TPSA) is 107 Å². The van der Waals surface area contributed by atoms with E-state index in [1.165, 1.54) is 19.4 Å². The van der Waals surface area contributed by atoms with E-state index in [1.54, 1.807) is 48.5 Å². The summed E-state index contributed by atoms with van der Waals surface area (Å²) in [7, 11) is 1.30. The number of ether oxygens (including phenoxy) is 1. The van der Waals surface area contributed by atoms with E-state index in [0.717, 1.165) is 0 Å². The molecule has 3 aromatic rings. The first-order valence-electron chi connectivity index (χ1n) is 7.60. The van der Waals surface area contributed by atoms with E-state index in [-0.39, 0.29) is 5.69 Å². The van der Waals surface area contributed by atoms with Gasteiger partial charge in [-0.3, -0.25) is 10.1 Å². The molecule has 2 aromatic carbocycles. The number of aromatic nitrogens is 2. The molecule has 0 atom stereocenters. The van der Waals surface area contributed by atoms with Crippen LogP contribution in [0.25, 0.3) is 11.3 Å². The van der Waals surface area contributed by atoms with Crippen molar-refractivity contribution >= 4 is 23.0 Å². The lowest BCUT2D eigenvalue weighted by atomic mass is 10.1. The molecule has 1 heterocycles. The zero-order valence-corrected chi connectivity index (χ0v) is 13.7. The minimum Gasteiger partial charge on any atom is -0.465 e. The Labute approximate surface area is 148 Å². The van der Waals surface area contributed by atoms with E-state index in [0.29, 0.717) is 28.2 Å². The molecule has 8 heteroatoms. The van der Waals surface area contributed by atoms with Gasteiger partial charge in [0.2, 0.25) is 0 Å². The van der Waals surface area contributed by atoms with Gasteiger partial charge in [-0.25, -0.2) is 4.79 Å². The molecular weight excluding hydrogens is 336 g/mol. The van der Waals surface area contributed by atoms with Crippen LogP contribution in [0.4, 0.5) is 17.1 Å². The molecule has 0 radical (unpaired) electrons. The molecule has 0 spiro atoms. The molecule has 0 bridgehead atoms. The van der Waals surface area contributed by atoms with Gasteiger partial charge < -0.3 is 10.1 Å². The maximum atomic E-state index is 11.6. The van der Waals surface area contributed by atoms with Crippen LogP contribution in [0.1, 0.15) is 10.4 Å². The monoisotopic (exact) mass is 350 g/mol. The molecule has 130 valence electrons. The highest BCUT2D eigenvalue weighted by Gasteiger charge is 2.17. The van der Waals surface area contributed by atoms with Crippen molar-refractivity contribution < 1.29 is 14.5 Å². The van der Waals surface area contributed by atoms with Crippen molar-refractivity contribution in [2.75, 3.05) is 12.4 Å². The smallest absolute Gasteiger partial charge is 0.337 e. The Hall–Kier alpha value is -3.81. The van der Waals surface area contributed by atoms with Crippen LogP contribution < -0.4 is 5.32 Å². The van der Waals surface area contributed by atoms with Gasteiger partial charge in [-0.05, 0) is 42.5 Å². The third-order valence-electron chi connectivity index (χ3n) is 3.62. The molecule has 0 aliphatic carbocycles. The lowest BCUT2D eigenvalue weighted by molar-refractivity contribution is -0.384. The number of carbonyl (C=O) groups excluding carboxylic acids is 1. The largest absolute Gasteiger partial charge is 0.465 e. The highest BCUT2D eigenvalue weighted by molar-refractivity contribution is 5.90. The second-order valence-corrected chi connectivity index (χ2v) is 5.30. The van der Waals surface area contributed by atoms with Crippen molar-refractivity contribution in [2.45, 2.75) is 0 Å². The predicted octanol–water partition coefficient (Wildman–Crippen LogP) is 3.58. The minimum absolute atomic E-state index is 0.0976. The number of carbonyl (C=O) groups is 1. The molecule has 0 aliphatic rings. The fourth-order valence-corrected chi connectivity index (χ4v) is 2.43. The summed E-state index contributed by atoms with van der Waals surface area (Å²) < 4.78 is 4.69. The average Bonchev–Trinajstić information content (AvgIpc) is 2.68. The van der Waals surface area contributed by atoms with E-state index in [4.69, 9.17) is 0 Å². The van der Waals surface area contributed by atoms with Gasteiger partial charge in [0.05, 0.1) is 28.9 Å². The van der Waals surface area contributed by atoms with E-state index in [2.05, 4.69) is 20.3 Å². The van der Waals surface area contributed by atoms with Gasteiger partial charge in [0.1, 0.15) is 0 Å². The Morgan fingerprint density at radius 1 is 1.12 bits per heavy atom. The second-order valence-electron chi connectivity index (χ2n) is 5.30. The number of methoxy groups -OCH3 is 1. The van der Waals surface area contributed by atoms with Crippen molar-refractivity contribution in [1.29, 1.82) is 0 Å². The predicted molar refractivity (Wildman–Crippen MR) is 95.2 cm³/mol. The lowest BCUT2D eigenvalue weighted by Gasteiger charge is -2.09. The van der Waals surface area contributed by atoms with Crippen molar-refractivity contribution in [3.63, 3.8) is 0 Å². The fourth-order valence-electron chi connectivity index (χ4n) is 2.43. The van der Waals surface area contributed by atoms with Gasteiger partial charge in [0.15, 0.2) is 0 Å². The summed E-state index contributed by atoms with van der Waals surface area (Å²) in [5.41, 5.74) is 2.18. The number of esters is 1. The molecule has 0 fully saturated rings. The molecule has 0 saturated heterocycles. The minimum atomic E-state index is -0.472. The SMILES string of the molecule is COC(=O)c1cccc(Nc2ccc(-c3cccnn3)c([N+](=O)[O-])c2)c1. The number of hydrogen-bond acceptors (Lipinski definition) is 7. The number of anilines is 2. The number of nitro benzene ring substituents is 1. The van der Waals surface area contributed by atoms with Gasteiger partial charge in [-0.15, -0.1) is 0 Å². The Morgan fingerprint density at radius 3 is 2.62 bits per heavy atom.